The second-order valence-corrected chi connectivity index (χ2v) is 16.0. The number of pyridine rings is 1. The van der Waals surface area contributed by atoms with Crippen molar-refractivity contribution in [2.75, 3.05) is 47.6 Å². The Bertz CT molecular complexity index is 2030. The van der Waals surface area contributed by atoms with Crippen molar-refractivity contribution in [3.63, 3.8) is 0 Å². The van der Waals surface area contributed by atoms with E-state index in [0.717, 1.165) is 59.9 Å². The molecule has 0 aliphatic heterocycles. The number of aliphatic hydroxyl groups excluding tert-OH is 2. The van der Waals surface area contributed by atoms with Gasteiger partial charge in [0, 0.05) is 80.1 Å². The summed E-state index contributed by atoms with van der Waals surface area (Å²) in [6.07, 6.45) is 16.6. The van der Waals surface area contributed by atoms with Gasteiger partial charge in [0.05, 0.1) is 6.61 Å². The first-order valence-corrected chi connectivity index (χ1v) is 21.4. The topological polar surface area (TPSA) is 55.8 Å². The van der Waals surface area contributed by atoms with Crippen LogP contribution in [0.4, 0.5) is 11.4 Å². The highest BCUT2D eigenvalue weighted by Crippen LogP contribution is 2.26. The maximum Gasteiger partial charge on any atom is 0.171 e. The molecule has 6 nitrogen and oxygen atoms in total. The van der Waals surface area contributed by atoms with E-state index in [4.69, 9.17) is 5.11 Å². The molecule has 0 atom stereocenters. The van der Waals surface area contributed by atoms with Gasteiger partial charge < -0.3 is 24.6 Å². The number of anilines is 2. The third-order valence-electron chi connectivity index (χ3n) is 9.26. The first kappa shape index (κ1) is 39.7. The van der Waals surface area contributed by atoms with Crippen molar-refractivity contribution in [3.8, 4) is 0 Å². The maximum atomic E-state index is 9.20. The summed E-state index contributed by atoms with van der Waals surface area (Å²) in [7, 11) is 3.90. The Morgan fingerprint density at radius 3 is 1.47 bits per heavy atom. The molecule has 0 unspecified atom stereocenters. The van der Waals surface area contributed by atoms with Crippen LogP contribution in [0.25, 0.3) is 24.3 Å². The molecule has 6 aromatic rings. The lowest BCUT2D eigenvalue weighted by atomic mass is 10.1. The van der Waals surface area contributed by atoms with Crippen molar-refractivity contribution in [2.24, 2.45) is 0 Å². The molecule has 0 bridgehead atoms. The largest absolute Gasteiger partial charge is 0.395 e. The van der Waals surface area contributed by atoms with Gasteiger partial charge in [-0.05, 0) is 63.7 Å². The highest BCUT2D eigenvalue weighted by Gasteiger charge is 2.11. The van der Waals surface area contributed by atoms with Crippen molar-refractivity contribution in [1.29, 1.82) is 0 Å². The molecule has 0 fully saturated rings. The molecule has 282 valence electrons. The van der Waals surface area contributed by atoms with E-state index in [9.17, 15) is 5.11 Å². The van der Waals surface area contributed by atoms with Crippen molar-refractivity contribution in [2.45, 2.75) is 26.2 Å². The Kier molecular flexibility index (Phi) is 15.7. The number of hydrogen-bond acceptors (Lipinski definition) is 6. The van der Waals surface area contributed by atoms with E-state index in [1.807, 2.05) is 49.3 Å². The third kappa shape index (κ3) is 13.1. The number of nitrogens with zero attached hydrogens (tertiary/aromatic N) is 4. The van der Waals surface area contributed by atoms with Gasteiger partial charge in [-0.2, -0.15) is 0 Å². The summed E-state index contributed by atoms with van der Waals surface area (Å²) >= 11 is 0. The number of benzene rings is 4. The zero-order chi connectivity index (χ0) is 37.9. The molecule has 0 saturated heterocycles. The van der Waals surface area contributed by atoms with Crippen LogP contribution in [0.5, 0.6) is 0 Å². The fraction of sp³-hybridized carbons (Fsp3) is 0.213. The molecule has 8 heteroatoms. The summed E-state index contributed by atoms with van der Waals surface area (Å²) < 4.78 is 3.98. The third-order valence-corrected chi connectivity index (χ3v) is 11.6. The predicted molar refractivity (Wildman–Crippen MR) is 236 cm³/mol. The Hall–Kier alpha value is -4.99. The molecule has 2 heterocycles. The first-order chi connectivity index (χ1) is 27.1. The highest BCUT2D eigenvalue weighted by atomic mass is 33.1. The number of rotatable bonds is 21. The van der Waals surface area contributed by atoms with E-state index in [1.165, 1.54) is 22.5 Å². The van der Waals surface area contributed by atoms with Crippen molar-refractivity contribution in [3.05, 3.63) is 186 Å². The van der Waals surface area contributed by atoms with Crippen LogP contribution >= 0.6 is 21.6 Å². The molecule has 0 amide bonds. The summed E-state index contributed by atoms with van der Waals surface area (Å²) in [4.78, 5) is 4.96. The smallest absolute Gasteiger partial charge is 0.171 e. The van der Waals surface area contributed by atoms with Gasteiger partial charge in [-0.25, -0.2) is 4.57 Å². The van der Waals surface area contributed by atoms with Gasteiger partial charge in [0.15, 0.2) is 18.9 Å². The summed E-state index contributed by atoms with van der Waals surface area (Å²) in [5.41, 5.74) is 9.65. The molecular weight excluding hydrogens is 717 g/mol. The molecule has 6 rings (SSSR count). The van der Waals surface area contributed by atoms with Gasteiger partial charge in [0.2, 0.25) is 0 Å². The molecule has 0 spiro atoms. The monoisotopic (exact) mass is 767 g/mol. The molecule has 2 aromatic heterocycles. The lowest BCUT2D eigenvalue weighted by molar-refractivity contribution is -0.698. The summed E-state index contributed by atoms with van der Waals surface area (Å²) in [5.74, 6) is 2.04. The average molecular weight is 768 g/mol. The lowest BCUT2D eigenvalue weighted by Gasteiger charge is -2.26. The van der Waals surface area contributed by atoms with E-state index in [0.29, 0.717) is 13.1 Å². The molecule has 0 aliphatic carbocycles. The zero-order valence-corrected chi connectivity index (χ0v) is 32.9. The molecular formula is C47H51N4O2S2+. The Morgan fingerprint density at radius 1 is 0.527 bits per heavy atom. The van der Waals surface area contributed by atoms with E-state index < -0.39 is 0 Å². The summed E-state index contributed by atoms with van der Waals surface area (Å²) in [5, 5.41) is 18.4. The van der Waals surface area contributed by atoms with Gasteiger partial charge >= 0.3 is 0 Å². The van der Waals surface area contributed by atoms with Gasteiger partial charge in [-0.1, -0.05) is 131 Å². The van der Waals surface area contributed by atoms with Crippen LogP contribution in [-0.2, 0) is 26.2 Å². The Morgan fingerprint density at radius 2 is 1.00 bits per heavy atom. The van der Waals surface area contributed by atoms with E-state index in [1.54, 1.807) is 0 Å². The van der Waals surface area contributed by atoms with Gasteiger partial charge in [-0.3, -0.25) is 0 Å². The number of aromatic nitrogens is 2. The molecule has 0 radical (unpaired) electrons. The van der Waals surface area contributed by atoms with Crippen LogP contribution in [0.3, 0.4) is 0 Å². The quantitative estimate of drug-likeness (QED) is 0.0433. The van der Waals surface area contributed by atoms with Crippen molar-refractivity contribution < 1.29 is 14.8 Å². The Labute approximate surface area is 334 Å². The van der Waals surface area contributed by atoms with Crippen molar-refractivity contribution >= 4 is 57.3 Å². The fourth-order valence-corrected chi connectivity index (χ4v) is 8.23. The standard InChI is InChI=1S/C47H51N4O2S2/c52-33-29-48-26-23-42(24-27-48)12-11-40-15-19-46(20-16-40)50(38-43-7-3-1-4-8-43)31-35-54-55-36-32-51(39-44-9-5-2-6-10-44)47-21-17-41(18-22-47)13-14-45-25-28-49(37-45)30-34-53/h1-28,37,52-53H,29-36,38-39H2/q+1/b14-13+. The zero-order valence-electron chi connectivity index (χ0n) is 31.3. The second-order valence-electron chi connectivity index (χ2n) is 13.3. The average Bonchev–Trinajstić information content (AvgIpc) is 3.69. The summed E-state index contributed by atoms with van der Waals surface area (Å²) in [6.45, 7) is 5.14. The normalized spacial score (nSPS) is 11.5. The van der Waals surface area contributed by atoms with E-state index in [2.05, 4.69) is 168 Å². The van der Waals surface area contributed by atoms with E-state index in [-0.39, 0.29) is 13.2 Å². The number of hydrogen-bond donors (Lipinski definition) is 2. The van der Waals surface area contributed by atoms with Crippen LogP contribution in [0, 0.1) is 0 Å². The number of aliphatic hydroxyl groups is 2. The van der Waals surface area contributed by atoms with Crippen LogP contribution < -0.4 is 14.4 Å². The van der Waals surface area contributed by atoms with Crippen LogP contribution in [0.15, 0.2) is 152 Å². The van der Waals surface area contributed by atoms with Crippen LogP contribution in [0.1, 0.15) is 33.4 Å². The SMILES string of the molecule is OCCn1ccc(/C=C/c2ccc(N(CCSSCCN(Cc3ccccc3)c3ccc(/C=C/c4cc[n+](CCO)cc4)cc3)Cc3ccccc3)cc2)c1. The molecule has 4 aromatic carbocycles. The van der Waals surface area contributed by atoms with Gasteiger partial charge in [0.1, 0.15) is 6.61 Å². The predicted octanol–water partition coefficient (Wildman–Crippen LogP) is 9.20. The van der Waals surface area contributed by atoms with Gasteiger partial charge in [0.25, 0.3) is 0 Å². The van der Waals surface area contributed by atoms with Crippen LogP contribution in [0.2, 0.25) is 0 Å². The van der Waals surface area contributed by atoms with Crippen LogP contribution in [-0.4, -0.2) is 52.6 Å². The molecule has 2 N–H and O–H groups in total. The van der Waals surface area contributed by atoms with E-state index >= 15 is 0 Å². The second kappa shape index (κ2) is 21.8. The van der Waals surface area contributed by atoms with Crippen molar-refractivity contribution in [1.82, 2.24) is 4.57 Å². The maximum absolute atomic E-state index is 9.20. The minimum atomic E-state index is 0.138. The molecule has 55 heavy (non-hydrogen) atoms. The summed E-state index contributed by atoms with van der Waals surface area (Å²) in [6, 6.07) is 45.4. The molecule has 0 saturated carbocycles. The minimum absolute atomic E-state index is 0.138. The lowest BCUT2D eigenvalue weighted by Crippen LogP contribution is -2.34. The molecule has 0 aliphatic rings. The fourth-order valence-electron chi connectivity index (χ4n) is 6.25. The minimum Gasteiger partial charge on any atom is -0.395 e. The highest BCUT2D eigenvalue weighted by molar-refractivity contribution is 8.76. The Balaban J connectivity index is 1.03. The first-order valence-electron chi connectivity index (χ1n) is 18.9. The van der Waals surface area contributed by atoms with Gasteiger partial charge in [-0.15, -0.1) is 0 Å².